The molecule has 1 rings (SSSR count). The molecule has 0 saturated carbocycles. The van der Waals surface area contributed by atoms with Crippen LogP contribution < -0.4 is 4.72 Å². The summed E-state index contributed by atoms with van der Waals surface area (Å²) in [5.41, 5.74) is 2.36. The summed E-state index contributed by atoms with van der Waals surface area (Å²) in [6.45, 7) is 0.542. The molecule has 0 saturated heterocycles. The molecule has 1 heterocycles. The molecule has 0 amide bonds. The van der Waals surface area contributed by atoms with Crippen molar-refractivity contribution in [2.45, 2.75) is 4.34 Å². The van der Waals surface area contributed by atoms with Crippen LogP contribution >= 0.6 is 11.3 Å². The lowest BCUT2D eigenvalue weighted by Gasteiger charge is -2.01. The van der Waals surface area contributed by atoms with Gasteiger partial charge in [-0.05, 0) is 0 Å². The van der Waals surface area contributed by atoms with Crippen molar-refractivity contribution in [1.29, 1.82) is 0 Å². The van der Waals surface area contributed by atoms with E-state index in [9.17, 15) is 8.42 Å². The highest BCUT2D eigenvalue weighted by Crippen LogP contribution is 2.07. The molecule has 0 spiro atoms. The zero-order valence-corrected chi connectivity index (χ0v) is 8.48. The van der Waals surface area contributed by atoms with Gasteiger partial charge in [-0.3, -0.25) is 0 Å². The number of nitrogens with one attached hydrogen (secondary N) is 1. The fourth-order valence-corrected chi connectivity index (χ4v) is 2.18. The first-order valence-corrected chi connectivity index (χ1v) is 5.65. The molecule has 6 nitrogen and oxygen atoms in total. The maximum Gasteiger partial charge on any atom is 0.269 e. The number of rotatable bonds is 5. The second-order valence-electron chi connectivity index (χ2n) is 2.05. The standard InChI is InChI=1S/C5H8N3O3S2/c1-11-3-2-7-13(9,10)5-8-6-4-12-5/h7H,2-3H2,1H3. The summed E-state index contributed by atoms with van der Waals surface area (Å²) >= 11 is 0.849. The SMILES string of the molecule is COCCNS(=O)(=O)c1nn[c]s1. The van der Waals surface area contributed by atoms with Gasteiger partial charge in [0.1, 0.15) is 0 Å². The first-order valence-electron chi connectivity index (χ1n) is 3.35. The highest BCUT2D eigenvalue weighted by atomic mass is 32.2. The van der Waals surface area contributed by atoms with Crippen LogP contribution in [0.3, 0.4) is 0 Å². The second kappa shape index (κ2) is 4.61. The molecular formula is C5H8N3O3S2. The molecule has 0 atom stereocenters. The van der Waals surface area contributed by atoms with Gasteiger partial charge in [-0.2, -0.15) is 0 Å². The van der Waals surface area contributed by atoms with Crippen molar-refractivity contribution in [3.8, 4) is 0 Å². The highest BCUT2D eigenvalue weighted by Gasteiger charge is 2.16. The molecule has 73 valence electrons. The van der Waals surface area contributed by atoms with Gasteiger partial charge in [0, 0.05) is 13.7 Å². The third-order valence-corrected chi connectivity index (χ3v) is 3.60. The largest absolute Gasteiger partial charge is 0.383 e. The van der Waals surface area contributed by atoms with Crippen molar-refractivity contribution in [2.75, 3.05) is 20.3 Å². The number of aromatic nitrogens is 2. The van der Waals surface area contributed by atoms with E-state index in [1.165, 1.54) is 7.11 Å². The molecule has 0 aliphatic heterocycles. The van der Waals surface area contributed by atoms with Gasteiger partial charge < -0.3 is 4.74 Å². The fourth-order valence-electron chi connectivity index (χ4n) is 0.590. The number of methoxy groups -OCH3 is 1. The van der Waals surface area contributed by atoms with Crippen molar-refractivity contribution >= 4 is 21.4 Å². The lowest BCUT2D eigenvalue weighted by atomic mass is 10.7. The quantitative estimate of drug-likeness (QED) is 0.664. The molecule has 0 aliphatic carbocycles. The second-order valence-corrected chi connectivity index (χ2v) is 4.76. The fraction of sp³-hybridized carbons (Fsp3) is 0.600. The monoisotopic (exact) mass is 222 g/mol. The number of nitrogens with zero attached hydrogens (tertiary/aromatic N) is 2. The highest BCUT2D eigenvalue weighted by molar-refractivity contribution is 7.91. The Labute approximate surface area is 80.0 Å². The van der Waals surface area contributed by atoms with Gasteiger partial charge in [0.2, 0.25) is 4.34 Å². The summed E-state index contributed by atoms with van der Waals surface area (Å²) in [7, 11) is -2.01. The Bertz CT molecular complexity index is 334. The Balaban J connectivity index is 2.58. The maximum atomic E-state index is 11.3. The van der Waals surface area contributed by atoms with Crippen LogP contribution in [0.1, 0.15) is 0 Å². The Morgan fingerprint density at radius 2 is 2.46 bits per heavy atom. The van der Waals surface area contributed by atoms with Gasteiger partial charge in [-0.1, -0.05) is 11.3 Å². The summed E-state index contributed by atoms with van der Waals surface area (Å²) in [6, 6.07) is 0. The predicted molar refractivity (Wildman–Crippen MR) is 45.8 cm³/mol. The molecule has 1 aromatic rings. The Hall–Kier alpha value is -0.570. The lowest BCUT2D eigenvalue weighted by Crippen LogP contribution is -2.27. The van der Waals surface area contributed by atoms with Crippen molar-refractivity contribution in [3.63, 3.8) is 0 Å². The molecule has 1 N–H and O–H groups in total. The first-order chi connectivity index (χ1) is 6.17. The Morgan fingerprint density at radius 1 is 1.69 bits per heavy atom. The molecule has 0 fully saturated rings. The average Bonchev–Trinajstić information content (AvgIpc) is 2.56. The summed E-state index contributed by atoms with van der Waals surface area (Å²) in [5, 5.41) is 6.70. The van der Waals surface area contributed by atoms with Crippen LogP contribution in [0.2, 0.25) is 0 Å². The van der Waals surface area contributed by atoms with Crippen LogP contribution in [-0.4, -0.2) is 38.9 Å². The maximum absolute atomic E-state index is 11.3. The van der Waals surface area contributed by atoms with E-state index >= 15 is 0 Å². The third-order valence-electron chi connectivity index (χ3n) is 1.13. The smallest absolute Gasteiger partial charge is 0.269 e. The van der Waals surface area contributed by atoms with Crippen molar-refractivity contribution in [2.24, 2.45) is 0 Å². The van der Waals surface area contributed by atoms with E-state index in [1.54, 1.807) is 0 Å². The van der Waals surface area contributed by atoms with E-state index in [0.717, 1.165) is 11.3 Å². The predicted octanol–water partition coefficient (Wildman–Crippen LogP) is -0.737. The van der Waals surface area contributed by atoms with E-state index in [-0.39, 0.29) is 10.9 Å². The summed E-state index contributed by atoms with van der Waals surface area (Å²) < 4.78 is 29.5. The molecule has 1 radical (unpaired) electrons. The summed E-state index contributed by atoms with van der Waals surface area (Å²) in [5.74, 6) is 0. The third kappa shape index (κ3) is 2.99. The average molecular weight is 222 g/mol. The van der Waals surface area contributed by atoms with Gasteiger partial charge in [0.05, 0.1) is 6.61 Å². The van der Waals surface area contributed by atoms with E-state index in [2.05, 4.69) is 25.2 Å². The normalized spacial score (nSPS) is 11.8. The number of sulfonamides is 1. The van der Waals surface area contributed by atoms with Crippen LogP contribution in [0.25, 0.3) is 0 Å². The molecule has 13 heavy (non-hydrogen) atoms. The van der Waals surface area contributed by atoms with Crippen molar-refractivity contribution in [3.05, 3.63) is 5.51 Å². The zero-order chi connectivity index (χ0) is 9.73. The molecule has 0 unspecified atom stereocenters. The van der Waals surface area contributed by atoms with Crippen LogP contribution in [0.4, 0.5) is 0 Å². The minimum absolute atomic E-state index is 0.0800. The lowest BCUT2D eigenvalue weighted by molar-refractivity contribution is 0.204. The van der Waals surface area contributed by atoms with Crippen LogP contribution in [0, 0.1) is 5.51 Å². The van der Waals surface area contributed by atoms with Gasteiger partial charge in [0.25, 0.3) is 10.0 Å². The van der Waals surface area contributed by atoms with Crippen molar-refractivity contribution in [1.82, 2.24) is 14.9 Å². The minimum Gasteiger partial charge on any atom is -0.383 e. The topological polar surface area (TPSA) is 81.2 Å². The van der Waals surface area contributed by atoms with Gasteiger partial charge in [-0.15, -0.1) is 10.2 Å². The number of hydrogen-bond donors (Lipinski definition) is 1. The molecular weight excluding hydrogens is 214 g/mol. The molecule has 0 aromatic carbocycles. The Kier molecular flexibility index (Phi) is 3.72. The van der Waals surface area contributed by atoms with Crippen LogP contribution in [0.15, 0.2) is 4.34 Å². The minimum atomic E-state index is -3.51. The van der Waals surface area contributed by atoms with E-state index < -0.39 is 10.0 Å². The van der Waals surface area contributed by atoms with E-state index in [4.69, 9.17) is 0 Å². The number of ether oxygens (including phenoxy) is 1. The molecule has 0 aliphatic rings. The zero-order valence-electron chi connectivity index (χ0n) is 6.85. The molecule has 0 bridgehead atoms. The summed E-state index contributed by atoms with van der Waals surface area (Å²) in [4.78, 5) is 0. The number of hydrogen-bond acceptors (Lipinski definition) is 6. The molecule has 1 aromatic heterocycles. The molecule has 8 heteroatoms. The van der Waals surface area contributed by atoms with Gasteiger partial charge in [0.15, 0.2) is 5.51 Å². The van der Waals surface area contributed by atoms with Gasteiger partial charge in [-0.25, -0.2) is 13.1 Å². The van der Waals surface area contributed by atoms with Gasteiger partial charge >= 0.3 is 0 Å². The summed E-state index contributed by atoms with van der Waals surface area (Å²) in [6.07, 6.45) is 0. The van der Waals surface area contributed by atoms with E-state index in [0.29, 0.717) is 6.61 Å². The van der Waals surface area contributed by atoms with E-state index in [1.807, 2.05) is 0 Å². The van der Waals surface area contributed by atoms with Crippen molar-refractivity contribution < 1.29 is 13.2 Å². The van der Waals surface area contributed by atoms with Crippen LogP contribution in [0.5, 0.6) is 0 Å². The first kappa shape index (κ1) is 10.5. The van der Waals surface area contributed by atoms with Crippen LogP contribution in [-0.2, 0) is 14.8 Å². The Morgan fingerprint density at radius 3 is 3.00 bits per heavy atom.